The number of benzene rings is 1. The highest BCUT2D eigenvalue weighted by atomic mass is 32.1. The zero-order chi connectivity index (χ0) is 6.97. The Hall–Kier alpha value is -0.890. The van der Waals surface area contributed by atoms with Crippen molar-refractivity contribution >= 4 is 23.4 Å². The first-order valence-electron chi connectivity index (χ1n) is 3.13. The van der Waals surface area contributed by atoms with Gasteiger partial charge >= 0.3 is 0 Å². The van der Waals surface area contributed by atoms with Gasteiger partial charge in [0.1, 0.15) is 0 Å². The monoisotopic (exact) mass is 149 g/mol. The predicted molar refractivity (Wildman–Crippen MR) is 45.6 cm³/mol. The third-order valence-corrected chi connectivity index (χ3v) is 1.95. The van der Waals surface area contributed by atoms with Gasteiger partial charge < -0.3 is 4.98 Å². The van der Waals surface area contributed by atoms with E-state index in [9.17, 15) is 0 Å². The molecule has 0 atom stereocenters. The summed E-state index contributed by atoms with van der Waals surface area (Å²) >= 11 is 4.25. The van der Waals surface area contributed by atoms with Crippen LogP contribution in [0.25, 0.3) is 10.8 Å². The number of fused-ring (bicyclic) bond motifs is 1. The summed E-state index contributed by atoms with van der Waals surface area (Å²) in [6, 6.07) is 8.14. The zero-order valence-corrected chi connectivity index (χ0v) is 6.23. The molecule has 0 aliphatic rings. The Morgan fingerprint density at radius 2 is 2.00 bits per heavy atom. The number of hydrogen-bond acceptors (Lipinski definition) is 1. The Morgan fingerprint density at radius 1 is 1.20 bits per heavy atom. The van der Waals surface area contributed by atoms with Gasteiger partial charge in [0, 0.05) is 17.0 Å². The Balaban J connectivity index is 2.93. The van der Waals surface area contributed by atoms with E-state index in [0.717, 1.165) is 5.03 Å². The van der Waals surface area contributed by atoms with Crippen molar-refractivity contribution < 1.29 is 0 Å². The van der Waals surface area contributed by atoms with Gasteiger partial charge in [-0.3, -0.25) is 0 Å². The van der Waals surface area contributed by atoms with Gasteiger partial charge in [-0.2, -0.15) is 0 Å². The molecule has 0 aliphatic carbocycles. The molecule has 1 aromatic heterocycles. The molecule has 0 fully saturated rings. The maximum atomic E-state index is 4.25. The highest BCUT2D eigenvalue weighted by Gasteiger charge is 1.95. The van der Waals surface area contributed by atoms with E-state index in [-0.39, 0.29) is 0 Å². The van der Waals surface area contributed by atoms with Crippen LogP contribution < -0.4 is 0 Å². The fraction of sp³-hybridized carbons (Fsp3) is 0. The molecule has 2 rings (SSSR count). The largest absolute Gasteiger partial charge is 0.356 e. The van der Waals surface area contributed by atoms with Crippen molar-refractivity contribution in [2.75, 3.05) is 0 Å². The average Bonchev–Trinajstić information content (AvgIpc) is 2.34. The lowest BCUT2D eigenvalue weighted by atomic mass is 10.2. The van der Waals surface area contributed by atoms with Crippen LogP contribution in [0.15, 0.2) is 35.5 Å². The van der Waals surface area contributed by atoms with Crippen molar-refractivity contribution in [2.45, 2.75) is 5.03 Å². The number of aromatic nitrogens is 1. The van der Waals surface area contributed by atoms with Crippen LogP contribution in [0.4, 0.5) is 0 Å². The summed E-state index contributed by atoms with van der Waals surface area (Å²) in [6.45, 7) is 0. The summed E-state index contributed by atoms with van der Waals surface area (Å²) in [5.41, 5.74) is 0. The highest BCUT2D eigenvalue weighted by Crippen LogP contribution is 2.19. The molecule has 2 aromatic rings. The number of hydrogen-bond donors (Lipinski definition) is 2. The molecule has 0 saturated carbocycles. The van der Waals surface area contributed by atoms with E-state index < -0.39 is 0 Å². The second-order valence-electron chi connectivity index (χ2n) is 2.22. The first kappa shape index (κ1) is 5.86. The first-order chi connectivity index (χ1) is 4.88. The average molecular weight is 149 g/mol. The van der Waals surface area contributed by atoms with E-state index in [1.54, 1.807) is 0 Å². The van der Waals surface area contributed by atoms with Crippen LogP contribution in [0.5, 0.6) is 0 Å². The molecule has 0 spiro atoms. The maximum Gasteiger partial charge on any atom is 0.0770 e. The molecule has 0 unspecified atom stereocenters. The standard InChI is InChI=1S/C8H7NS/c10-8-7-4-2-1-3-6(7)5-9-8/h1-5,9-10H. The summed E-state index contributed by atoms with van der Waals surface area (Å²) in [5.74, 6) is 0. The summed E-state index contributed by atoms with van der Waals surface area (Å²) in [6.07, 6.45) is 1.96. The molecule has 0 radical (unpaired) electrons. The van der Waals surface area contributed by atoms with E-state index >= 15 is 0 Å². The van der Waals surface area contributed by atoms with Gasteiger partial charge in [-0.1, -0.05) is 24.3 Å². The Kier molecular flexibility index (Phi) is 1.21. The van der Waals surface area contributed by atoms with Gasteiger partial charge in [0.05, 0.1) is 5.03 Å². The van der Waals surface area contributed by atoms with Crippen LogP contribution in [-0.4, -0.2) is 4.98 Å². The molecular formula is C8H7NS. The lowest BCUT2D eigenvalue weighted by Crippen LogP contribution is -1.61. The molecule has 2 heteroatoms. The van der Waals surface area contributed by atoms with Gasteiger partial charge in [0.2, 0.25) is 0 Å². The third-order valence-electron chi connectivity index (χ3n) is 1.58. The molecule has 50 valence electrons. The van der Waals surface area contributed by atoms with Crippen molar-refractivity contribution in [3.8, 4) is 0 Å². The minimum absolute atomic E-state index is 0.940. The quantitative estimate of drug-likeness (QED) is 0.535. The summed E-state index contributed by atoms with van der Waals surface area (Å²) in [5, 5.41) is 3.34. The van der Waals surface area contributed by atoms with Gasteiger partial charge in [-0.25, -0.2) is 0 Å². The van der Waals surface area contributed by atoms with Crippen molar-refractivity contribution in [1.82, 2.24) is 4.98 Å². The molecule has 10 heavy (non-hydrogen) atoms. The fourth-order valence-electron chi connectivity index (χ4n) is 1.06. The van der Waals surface area contributed by atoms with Crippen LogP contribution in [0.3, 0.4) is 0 Å². The number of H-pyrrole nitrogens is 1. The highest BCUT2D eigenvalue weighted by molar-refractivity contribution is 7.80. The lowest BCUT2D eigenvalue weighted by Gasteiger charge is -1.86. The zero-order valence-electron chi connectivity index (χ0n) is 5.33. The van der Waals surface area contributed by atoms with E-state index in [1.165, 1.54) is 10.8 Å². The Labute approximate surface area is 64.5 Å². The van der Waals surface area contributed by atoms with E-state index in [1.807, 2.05) is 24.4 Å². The van der Waals surface area contributed by atoms with Crippen molar-refractivity contribution in [3.05, 3.63) is 30.5 Å². The second-order valence-corrected chi connectivity index (χ2v) is 2.67. The SMILES string of the molecule is Sc1[nH]cc2ccccc12. The molecular weight excluding hydrogens is 142 g/mol. The van der Waals surface area contributed by atoms with Crippen LogP contribution in [-0.2, 0) is 0 Å². The van der Waals surface area contributed by atoms with Crippen molar-refractivity contribution in [2.24, 2.45) is 0 Å². The van der Waals surface area contributed by atoms with E-state index in [0.29, 0.717) is 0 Å². The molecule has 1 heterocycles. The second kappa shape index (κ2) is 2.06. The number of nitrogens with one attached hydrogen (secondary N) is 1. The molecule has 1 nitrogen and oxygen atoms in total. The van der Waals surface area contributed by atoms with Crippen LogP contribution in [0.1, 0.15) is 0 Å². The predicted octanol–water partition coefficient (Wildman–Crippen LogP) is 2.46. The van der Waals surface area contributed by atoms with E-state index in [4.69, 9.17) is 0 Å². The fourth-order valence-corrected chi connectivity index (χ4v) is 1.33. The summed E-state index contributed by atoms with van der Waals surface area (Å²) < 4.78 is 0. The van der Waals surface area contributed by atoms with Crippen LogP contribution >= 0.6 is 12.6 Å². The first-order valence-corrected chi connectivity index (χ1v) is 3.58. The van der Waals surface area contributed by atoms with E-state index in [2.05, 4.69) is 23.7 Å². The van der Waals surface area contributed by atoms with Crippen LogP contribution in [0.2, 0.25) is 0 Å². The maximum absolute atomic E-state index is 4.25. The lowest BCUT2D eigenvalue weighted by molar-refractivity contribution is 1.24. The Morgan fingerprint density at radius 3 is 2.80 bits per heavy atom. The number of thiol groups is 1. The molecule has 0 aliphatic heterocycles. The topological polar surface area (TPSA) is 15.8 Å². The normalized spacial score (nSPS) is 10.5. The molecule has 0 amide bonds. The smallest absolute Gasteiger partial charge is 0.0770 e. The number of rotatable bonds is 0. The minimum atomic E-state index is 0.940. The van der Waals surface area contributed by atoms with Gasteiger partial charge in [0.25, 0.3) is 0 Å². The molecule has 0 bridgehead atoms. The minimum Gasteiger partial charge on any atom is -0.356 e. The molecule has 0 saturated heterocycles. The molecule has 1 aromatic carbocycles. The molecule has 1 N–H and O–H groups in total. The summed E-state index contributed by atoms with van der Waals surface area (Å²) in [4.78, 5) is 3.04. The van der Waals surface area contributed by atoms with Crippen molar-refractivity contribution in [3.63, 3.8) is 0 Å². The van der Waals surface area contributed by atoms with Gasteiger partial charge in [-0.05, 0) is 0 Å². The Bertz CT molecular complexity index is 351. The number of aromatic amines is 1. The van der Waals surface area contributed by atoms with Gasteiger partial charge in [0.15, 0.2) is 0 Å². The third kappa shape index (κ3) is 0.727. The summed E-state index contributed by atoms with van der Waals surface area (Å²) in [7, 11) is 0. The van der Waals surface area contributed by atoms with Gasteiger partial charge in [-0.15, -0.1) is 12.6 Å². The van der Waals surface area contributed by atoms with Crippen molar-refractivity contribution in [1.29, 1.82) is 0 Å². The van der Waals surface area contributed by atoms with Crippen LogP contribution in [0, 0.1) is 0 Å².